The minimum absolute atomic E-state index is 0.337. The monoisotopic (exact) mass is 417 g/mol. The Kier molecular flexibility index (Phi) is 5.70. The molecule has 2 aromatic carbocycles. The van der Waals surface area contributed by atoms with Gasteiger partial charge in [0.1, 0.15) is 17.3 Å². The zero-order valence-electron chi connectivity index (χ0n) is 17.5. The highest BCUT2D eigenvalue weighted by Crippen LogP contribution is 2.28. The van der Waals surface area contributed by atoms with Gasteiger partial charge in [-0.3, -0.25) is 5.32 Å². The van der Waals surface area contributed by atoms with E-state index in [2.05, 4.69) is 51.5 Å². The average Bonchev–Trinajstić information content (AvgIpc) is 3.09. The van der Waals surface area contributed by atoms with Crippen LogP contribution in [0.3, 0.4) is 0 Å². The summed E-state index contributed by atoms with van der Waals surface area (Å²) in [5.41, 5.74) is 4.05. The second-order valence-electron chi connectivity index (χ2n) is 6.92. The molecular formula is C23H23N5O3. The number of rotatable bonds is 6. The van der Waals surface area contributed by atoms with Crippen LogP contribution in [-0.2, 0) is 18.2 Å². The van der Waals surface area contributed by atoms with Crippen LogP contribution in [0.5, 0.6) is 11.5 Å². The molecular weight excluding hydrogens is 394 g/mol. The summed E-state index contributed by atoms with van der Waals surface area (Å²) >= 11 is 0. The number of benzene rings is 2. The molecule has 0 atom stereocenters. The third kappa shape index (κ3) is 4.58. The molecule has 0 aliphatic carbocycles. The summed E-state index contributed by atoms with van der Waals surface area (Å²) in [5, 5.41) is 5.88. The number of aromatic nitrogens is 3. The van der Waals surface area contributed by atoms with Gasteiger partial charge >= 0.3 is 6.09 Å². The molecule has 8 heteroatoms. The third-order valence-corrected chi connectivity index (χ3v) is 4.85. The van der Waals surface area contributed by atoms with Crippen molar-refractivity contribution in [2.45, 2.75) is 13.3 Å². The molecule has 0 saturated carbocycles. The Bertz CT molecular complexity index is 1220. The molecule has 8 nitrogen and oxygen atoms in total. The fourth-order valence-corrected chi connectivity index (χ4v) is 3.14. The largest absolute Gasteiger partial charge is 0.457 e. The van der Waals surface area contributed by atoms with Gasteiger partial charge in [-0.1, -0.05) is 19.1 Å². The number of hydrogen-bond acceptors (Lipinski definition) is 6. The highest BCUT2D eigenvalue weighted by Gasteiger charge is 2.10. The molecule has 2 aromatic heterocycles. The lowest BCUT2D eigenvalue weighted by Crippen LogP contribution is -2.11. The van der Waals surface area contributed by atoms with E-state index in [-0.39, 0.29) is 0 Å². The normalized spacial score (nSPS) is 10.7. The highest BCUT2D eigenvalue weighted by atomic mass is 16.5. The molecule has 4 aromatic rings. The molecule has 2 heterocycles. The number of pyridine rings is 1. The van der Waals surface area contributed by atoms with Gasteiger partial charge in [0.15, 0.2) is 0 Å². The molecule has 4 rings (SSSR count). The van der Waals surface area contributed by atoms with Gasteiger partial charge in [-0.2, -0.15) is 0 Å². The van der Waals surface area contributed by atoms with Crippen molar-refractivity contribution in [1.82, 2.24) is 14.5 Å². The maximum atomic E-state index is 11.4. The SMILES string of the molecule is CCc1ccc(Nc2nc3cc(Oc4ccnc(NC(=O)OC)c4)ccc3n2C)cc1. The van der Waals surface area contributed by atoms with Crippen molar-refractivity contribution in [1.29, 1.82) is 0 Å². The van der Waals surface area contributed by atoms with E-state index < -0.39 is 6.09 Å². The molecule has 0 unspecified atom stereocenters. The minimum Gasteiger partial charge on any atom is -0.457 e. The van der Waals surface area contributed by atoms with Gasteiger partial charge in [0, 0.05) is 31.1 Å². The van der Waals surface area contributed by atoms with E-state index in [1.165, 1.54) is 12.7 Å². The fourth-order valence-electron chi connectivity index (χ4n) is 3.14. The van der Waals surface area contributed by atoms with Crippen molar-refractivity contribution in [3.8, 4) is 11.5 Å². The summed E-state index contributed by atoms with van der Waals surface area (Å²) in [7, 11) is 3.26. The van der Waals surface area contributed by atoms with Gasteiger partial charge in [-0.05, 0) is 42.3 Å². The molecule has 158 valence electrons. The summed E-state index contributed by atoms with van der Waals surface area (Å²) in [5.74, 6) is 2.24. The second kappa shape index (κ2) is 8.74. The van der Waals surface area contributed by atoms with Gasteiger partial charge in [-0.15, -0.1) is 0 Å². The van der Waals surface area contributed by atoms with E-state index in [1.54, 1.807) is 18.3 Å². The Morgan fingerprint density at radius 1 is 1.06 bits per heavy atom. The van der Waals surface area contributed by atoms with Crippen LogP contribution >= 0.6 is 0 Å². The van der Waals surface area contributed by atoms with E-state index >= 15 is 0 Å². The van der Waals surface area contributed by atoms with Crippen LogP contribution in [-0.4, -0.2) is 27.7 Å². The first kappa shape index (κ1) is 20.2. The number of carbonyl (C=O) groups excluding carboxylic acids is 1. The summed E-state index contributed by atoms with van der Waals surface area (Å²) in [6.07, 6.45) is 1.96. The lowest BCUT2D eigenvalue weighted by atomic mass is 10.1. The van der Waals surface area contributed by atoms with Crippen LogP contribution in [0.4, 0.5) is 22.2 Å². The zero-order chi connectivity index (χ0) is 21.8. The molecule has 2 N–H and O–H groups in total. The van der Waals surface area contributed by atoms with Gasteiger partial charge in [0.25, 0.3) is 0 Å². The van der Waals surface area contributed by atoms with Gasteiger partial charge in [0.2, 0.25) is 5.95 Å². The van der Waals surface area contributed by atoms with E-state index in [9.17, 15) is 4.79 Å². The molecule has 31 heavy (non-hydrogen) atoms. The summed E-state index contributed by atoms with van der Waals surface area (Å²) in [6, 6.07) is 17.3. The van der Waals surface area contributed by atoms with Crippen molar-refractivity contribution in [2.24, 2.45) is 7.05 Å². The Hall–Kier alpha value is -4.07. The molecule has 0 fully saturated rings. The minimum atomic E-state index is -0.594. The molecule has 0 bridgehead atoms. The van der Waals surface area contributed by atoms with E-state index in [0.29, 0.717) is 17.3 Å². The first-order valence-electron chi connectivity index (χ1n) is 9.87. The van der Waals surface area contributed by atoms with Crippen LogP contribution in [0, 0.1) is 0 Å². The van der Waals surface area contributed by atoms with E-state index in [1.807, 2.05) is 29.8 Å². The standard InChI is InChI=1S/C23H23N5O3/c1-4-15-5-7-16(8-6-15)25-22-26-19-13-17(9-10-20(19)28(22)2)31-18-11-12-24-21(14-18)27-23(29)30-3/h5-14H,4H2,1-3H3,(H,25,26)(H,24,27,29). The Morgan fingerprint density at radius 2 is 1.84 bits per heavy atom. The third-order valence-electron chi connectivity index (χ3n) is 4.85. The number of hydrogen-bond donors (Lipinski definition) is 2. The number of ether oxygens (including phenoxy) is 2. The van der Waals surface area contributed by atoms with E-state index in [0.717, 1.165) is 29.1 Å². The fraction of sp³-hybridized carbons (Fsp3) is 0.174. The first-order chi connectivity index (χ1) is 15.1. The Labute approximate surface area is 179 Å². The zero-order valence-corrected chi connectivity index (χ0v) is 17.5. The van der Waals surface area contributed by atoms with Gasteiger partial charge in [-0.25, -0.2) is 14.8 Å². The van der Waals surface area contributed by atoms with Gasteiger partial charge in [0.05, 0.1) is 18.1 Å². The number of nitrogens with zero attached hydrogens (tertiary/aromatic N) is 3. The quantitative estimate of drug-likeness (QED) is 0.446. The number of amides is 1. The molecule has 0 spiro atoms. The number of anilines is 3. The highest BCUT2D eigenvalue weighted by molar-refractivity contribution is 5.83. The average molecular weight is 417 g/mol. The number of imidazole rings is 1. The van der Waals surface area contributed by atoms with Crippen LogP contribution in [0.15, 0.2) is 60.8 Å². The van der Waals surface area contributed by atoms with Gasteiger partial charge < -0.3 is 19.4 Å². The number of aryl methyl sites for hydroxylation is 2. The lowest BCUT2D eigenvalue weighted by molar-refractivity contribution is 0.187. The van der Waals surface area contributed by atoms with Crippen LogP contribution in [0.1, 0.15) is 12.5 Å². The second-order valence-corrected chi connectivity index (χ2v) is 6.92. The summed E-state index contributed by atoms with van der Waals surface area (Å²) in [6.45, 7) is 2.13. The smallest absolute Gasteiger partial charge is 0.412 e. The predicted molar refractivity (Wildman–Crippen MR) is 120 cm³/mol. The molecule has 0 aliphatic heterocycles. The number of methoxy groups -OCH3 is 1. The van der Waals surface area contributed by atoms with Crippen LogP contribution < -0.4 is 15.4 Å². The lowest BCUT2D eigenvalue weighted by Gasteiger charge is -2.08. The first-order valence-corrected chi connectivity index (χ1v) is 9.87. The molecule has 0 saturated heterocycles. The van der Waals surface area contributed by atoms with Crippen molar-refractivity contribution >= 4 is 34.6 Å². The van der Waals surface area contributed by atoms with Crippen molar-refractivity contribution < 1.29 is 14.3 Å². The molecule has 0 radical (unpaired) electrons. The number of nitrogens with one attached hydrogen (secondary N) is 2. The maximum absolute atomic E-state index is 11.4. The topological polar surface area (TPSA) is 90.3 Å². The Balaban J connectivity index is 1.54. The predicted octanol–water partition coefficient (Wildman–Crippen LogP) is 5.24. The summed E-state index contributed by atoms with van der Waals surface area (Å²) in [4.78, 5) is 20.1. The van der Waals surface area contributed by atoms with Crippen LogP contribution in [0.2, 0.25) is 0 Å². The molecule has 0 aliphatic rings. The van der Waals surface area contributed by atoms with Crippen molar-refractivity contribution in [3.63, 3.8) is 0 Å². The molecule has 1 amide bonds. The Morgan fingerprint density at radius 3 is 2.58 bits per heavy atom. The van der Waals surface area contributed by atoms with E-state index in [4.69, 9.17) is 9.72 Å². The van der Waals surface area contributed by atoms with Crippen molar-refractivity contribution in [2.75, 3.05) is 17.7 Å². The van der Waals surface area contributed by atoms with Crippen LogP contribution in [0.25, 0.3) is 11.0 Å². The summed E-state index contributed by atoms with van der Waals surface area (Å²) < 4.78 is 12.5. The number of fused-ring (bicyclic) bond motifs is 1. The number of carbonyl (C=O) groups is 1. The maximum Gasteiger partial charge on any atom is 0.412 e. The van der Waals surface area contributed by atoms with Crippen molar-refractivity contribution in [3.05, 3.63) is 66.4 Å².